The van der Waals surface area contributed by atoms with Crippen molar-refractivity contribution in [3.05, 3.63) is 0 Å². The van der Waals surface area contributed by atoms with Gasteiger partial charge >= 0.3 is 39.5 Å². The van der Waals surface area contributed by atoms with Gasteiger partial charge in [0.15, 0.2) is 6.10 Å². The second kappa shape index (κ2) is 12.9. The quantitative estimate of drug-likeness (QED) is 0.161. The van der Waals surface area contributed by atoms with Crippen molar-refractivity contribution in [3.8, 4) is 0 Å². The number of ether oxygens (including phenoxy) is 5. The van der Waals surface area contributed by atoms with Gasteiger partial charge < -0.3 is 23.7 Å². The zero-order valence-electron chi connectivity index (χ0n) is 26.5. The Morgan fingerprint density at radius 1 is 0.651 bits per heavy atom. The van der Waals surface area contributed by atoms with E-state index in [9.17, 15) is 40.8 Å². The second-order valence-corrected chi connectivity index (χ2v) is 15.8. The smallest absolute Gasteiger partial charge is 0.462 e. The first-order valence-electron chi connectivity index (χ1n) is 13.3. The number of rotatable bonds is 8. The van der Waals surface area contributed by atoms with Crippen LogP contribution < -0.4 is 0 Å². The number of halogens is 3. The van der Waals surface area contributed by atoms with Gasteiger partial charge in [0.25, 0.3) is 0 Å². The molecule has 5 atom stereocenters. The summed E-state index contributed by atoms with van der Waals surface area (Å²) in [5, 5.41) is 0. The topological polar surface area (TPSA) is 158 Å². The fourth-order valence-electron chi connectivity index (χ4n) is 2.95. The normalized spacial score (nSPS) is 22.9. The van der Waals surface area contributed by atoms with E-state index in [0.29, 0.717) is 0 Å². The average Bonchev–Trinajstić information content (AvgIpc) is 3.09. The molecule has 1 rings (SSSR count). The number of esters is 4. The van der Waals surface area contributed by atoms with Crippen molar-refractivity contribution in [2.75, 3.05) is 6.61 Å². The molecule has 0 amide bonds. The molecule has 0 aromatic rings. The summed E-state index contributed by atoms with van der Waals surface area (Å²) in [5.74, 6) is -3.72. The van der Waals surface area contributed by atoms with Crippen molar-refractivity contribution >= 4 is 34.0 Å². The molecule has 0 spiro atoms. The van der Waals surface area contributed by atoms with E-state index < -0.39 is 98.5 Å². The molecule has 0 aromatic carbocycles. The SMILES string of the molecule is CC(C)(C)C(=O)OCC(OS(=O)(=O)C(F)(F)F)[C@@H]1O[C@@H](OC(=O)C(C)(C)C)C(OC(=O)C(C)(C)C)[C@H]1OC(=O)C(C)(C)C. The molecule has 1 fully saturated rings. The lowest BCUT2D eigenvalue weighted by Gasteiger charge is -2.31. The molecule has 43 heavy (non-hydrogen) atoms. The van der Waals surface area contributed by atoms with E-state index in [0.717, 1.165) is 0 Å². The molecule has 2 unspecified atom stereocenters. The first-order chi connectivity index (χ1) is 18.9. The Kier molecular flexibility index (Phi) is 11.5. The van der Waals surface area contributed by atoms with E-state index in [1.54, 1.807) is 0 Å². The molecule has 1 heterocycles. The first-order valence-corrected chi connectivity index (χ1v) is 14.8. The molecule has 1 aliphatic rings. The number of hydrogen-bond donors (Lipinski definition) is 0. The van der Waals surface area contributed by atoms with Crippen molar-refractivity contribution in [2.45, 2.75) is 119 Å². The third kappa shape index (κ3) is 10.6. The summed E-state index contributed by atoms with van der Waals surface area (Å²) in [6.45, 7) is 16.3. The Labute approximate surface area is 250 Å². The third-order valence-electron chi connectivity index (χ3n) is 5.64. The van der Waals surface area contributed by atoms with Gasteiger partial charge in [-0.25, -0.2) is 0 Å². The van der Waals surface area contributed by atoms with E-state index in [1.807, 2.05) is 0 Å². The Balaban J connectivity index is 3.82. The van der Waals surface area contributed by atoms with Crippen molar-refractivity contribution in [3.63, 3.8) is 0 Å². The lowest BCUT2D eigenvalue weighted by molar-refractivity contribution is -0.210. The minimum atomic E-state index is -6.35. The predicted molar refractivity (Wildman–Crippen MR) is 143 cm³/mol. The molecule has 0 aromatic heterocycles. The van der Waals surface area contributed by atoms with Gasteiger partial charge in [-0.1, -0.05) is 0 Å². The molecule has 250 valence electrons. The Morgan fingerprint density at radius 3 is 1.40 bits per heavy atom. The summed E-state index contributed by atoms with van der Waals surface area (Å²) >= 11 is 0. The lowest BCUT2D eigenvalue weighted by Crippen LogP contribution is -2.50. The Bertz CT molecular complexity index is 1150. The van der Waals surface area contributed by atoms with E-state index in [-0.39, 0.29) is 0 Å². The molecular weight excluding hydrogens is 605 g/mol. The molecule has 0 radical (unpaired) electrons. The third-order valence-corrected chi connectivity index (χ3v) is 6.71. The summed E-state index contributed by atoms with van der Waals surface area (Å²) in [4.78, 5) is 51.2. The summed E-state index contributed by atoms with van der Waals surface area (Å²) in [5.41, 5.74) is -10.6. The molecule has 16 heteroatoms. The van der Waals surface area contributed by atoms with Crippen LogP contribution in [0.1, 0.15) is 83.1 Å². The van der Waals surface area contributed by atoms with Crippen LogP contribution in [0.2, 0.25) is 0 Å². The highest BCUT2D eigenvalue weighted by Crippen LogP contribution is 2.37. The van der Waals surface area contributed by atoms with Gasteiger partial charge in [-0.05, 0) is 83.1 Å². The van der Waals surface area contributed by atoms with Crippen LogP contribution in [0, 0.1) is 21.7 Å². The standard InChI is InChI=1S/C27H43F3O12S/c1-23(2,3)19(31)37-13-14(42-43(35,36)27(28,29)30)15-16(39-20(32)24(4,5)6)17(40-21(33)25(7,8)9)18(38-15)41-22(34)26(10,11)12/h14-18H,13H2,1-12H3/t14?,15-,16-,17?,18-/m0/s1. The minimum absolute atomic E-state index is 0.907. The molecule has 0 saturated carbocycles. The van der Waals surface area contributed by atoms with Gasteiger partial charge in [-0.2, -0.15) is 21.6 Å². The van der Waals surface area contributed by atoms with Gasteiger partial charge in [0.1, 0.15) is 18.8 Å². The molecule has 0 N–H and O–H groups in total. The van der Waals surface area contributed by atoms with Crippen LogP contribution in [0.5, 0.6) is 0 Å². The second-order valence-electron chi connectivity index (χ2n) is 14.2. The zero-order valence-corrected chi connectivity index (χ0v) is 27.4. The van der Waals surface area contributed by atoms with Crippen molar-refractivity contribution in [1.29, 1.82) is 0 Å². The monoisotopic (exact) mass is 648 g/mol. The fourth-order valence-corrected chi connectivity index (χ4v) is 3.55. The first kappa shape index (κ1) is 38.6. The van der Waals surface area contributed by atoms with Crippen LogP contribution in [-0.2, 0) is 57.2 Å². The van der Waals surface area contributed by atoms with Crippen molar-refractivity contribution < 1.29 is 68.6 Å². The van der Waals surface area contributed by atoms with Gasteiger partial charge in [0, 0.05) is 0 Å². The van der Waals surface area contributed by atoms with Gasteiger partial charge in [0.2, 0.25) is 12.4 Å². The van der Waals surface area contributed by atoms with Crippen LogP contribution in [0.3, 0.4) is 0 Å². The maximum atomic E-state index is 13.4. The van der Waals surface area contributed by atoms with Gasteiger partial charge in [-0.15, -0.1) is 0 Å². The van der Waals surface area contributed by atoms with Crippen LogP contribution in [0.15, 0.2) is 0 Å². The number of carbonyl (C=O) groups is 4. The highest BCUT2D eigenvalue weighted by molar-refractivity contribution is 7.87. The number of alkyl halides is 3. The molecular formula is C27H43F3O12S. The highest BCUT2D eigenvalue weighted by Gasteiger charge is 2.59. The van der Waals surface area contributed by atoms with Crippen LogP contribution in [0.25, 0.3) is 0 Å². The molecule has 0 bridgehead atoms. The maximum absolute atomic E-state index is 13.4. The summed E-state index contributed by atoms with van der Waals surface area (Å²) in [7, 11) is -6.35. The maximum Gasteiger partial charge on any atom is 0.523 e. The van der Waals surface area contributed by atoms with Gasteiger partial charge in [0.05, 0.1) is 21.7 Å². The van der Waals surface area contributed by atoms with Crippen LogP contribution in [-0.4, -0.2) is 75.1 Å². The van der Waals surface area contributed by atoms with Crippen molar-refractivity contribution in [1.82, 2.24) is 0 Å². The number of hydrogen-bond acceptors (Lipinski definition) is 12. The van der Waals surface area contributed by atoms with E-state index >= 15 is 0 Å². The Hall–Kier alpha value is -2.46. The zero-order chi connectivity index (χ0) is 34.1. The molecule has 1 aliphatic heterocycles. The minimum Gasteiger partial charge on any atom is -0.462 e. The fraction of sp³-hybridized carbons (Fsp3) is 0.852. The summed E-state index contributed by atoms with van der Waals surface area (Å²) < 4.78 is 96.1. The van der Waals surface area contributed by atoms with Gasteiger partial charge in [-0.3, -0.25) is 23.4 Å². The average molecular weight is 649 g/mol. The molecule has 1 saturated heterocycles. The van der Waals surface area contributed by atoms with Crippen LogP contribution >= 0.6 is 0 Å². The predicted octanol–water partition coefficient (Wildman–Crippen LogP) is 4.04. The highest BCUT2D eigenvalue weighted by atomic mass is 32.2. The summed E-state index contributed by atoms with van der Waals surface area (Å²) in [6.07, 6.45) is -9.93. The summed E-state index contributed by atoms with van der Waals surface area (Å²) in [6, 6.07) is 0. The molecule has 0 aliphatic carbocycles. The van der Waals surface area contributed by atoms with Crippen LogP contribution in [0.4, 0.5) is 13.2 Å². The molecule has 12 nitrogen and oxygen atoms in total. The lowest BCUT2D eigenvalue weighted by atomic mass is 9.95. The Morgan fingerprint density at radius 2 is 1.02 bits per heavy atom. The number of carbonyl (C=O) groups excluding carboxylic acids is 4. The van der Waals surface area contributed by atoms with E-state index in [1.165, 1.54) is 83.1 Å². The van der Waals surface area contributed by atoms with E-state index in [2.05, 4.69) is 4.18 Å². The van der Waals surface area contributed by atoms with E-state index in [4.69, 9.17) is 23.7 Å². The van der Waals surface area contributed by atoms with Crippen molar-refractivity contribution in [2.24, 2.45) is 21.7 Å². The largest absolute Gasteiger partial charge is 0.523 e.